The molecule has 0 N–H and O–H groups in total. The number of piperidine rings is 1. The Morgan fingerprint density at radius 2 is 1.90 bits per heavy atom. The van der Waals surface area contributed by atoms with E-state index in [0.717, 1.165) is 59.4 Å². The van der Waals surface area contributed by atoms with Gasteiger partial charge in [-0.15, -0.1) is 0 Å². The summed E-state index contributed by atoms with van der Waals surface area (Å²) in [7, 11) is 4.06. The maximum Gasteiger partial charge on any atom is 0.272 e. The molecule has 30 heavy (non-hydrogen) atoms. The Balaban J connectivity index is 1.46. The molecule has 152 valence electrons. The molecule has 1 fully saturated rings. The number of allylic oxidation sites excluding steroid dienone is 6. The van der Waals surface area contributed by atoms with Gasteiger partial charge in [-0.2, -0.15) is 15.2 Å². The normalized spacial score (nSPS) is 23.3. The summed E-state index contributed by atoms with van der Waals surface area (Å²) < 4.78 is 1.80. The zero-order valence-corrected chi connectivity index (χ0v) is 17.3. The van der Waals surface area contributed by atoms with Crippen LogP contribution < -0.4 is 0 Å². The number of amides is 1. The van der Waals surface area contributed by atoms with Gasteiger partial charge < -0.3 is 4.90 Å². The van der Waals surface area contributed by atoms with E-state index >= 15 is 0 Å². The van der Waals surface area contributed by atoms with E-state index < -0.39 is 0 Å². The number of aryl methyl sites for hydroxylation is 1. The van der Waals surface area contributed by atoms with Crippen LogP contribution in [0.3, 0.4) is 0 Å². The minimum atomic E-state index is -0.123. The quantitative estimate of drug-likeness (QED) is 0.777. The van der Waals surface area contributed by atoms with Crippen LogP contribution in [0.2, 0.25) is 0 Å². The fourth-order valence-corrected chi connectivity index (χ4v) is 4.27. The second kappa shape index (κ2) is 7.54. The maximum absolute atomic E-state index is 13.1. The monoisotopic (exact) mass is 399 g/mol. The molecule has 1 aromatic carbocycles. The number of hydrazone groups is 1. The molecule has 2 aromatic rings. The third-order valence-corrected chi connectivity index (χ3v) is 6.00. The van der Waals surface area contributed by atoms with E-state index in [-0.39, 0.29) is 5.91 Å². The number of carbonyl (C=O) groups is 1. The van der Waals surface area contributed by atoms with Gasteiger partial charge in [0.05, 0.1) is 16.9 Å². The van der Waals surface area contributed by atoms with E-state index in [1.165, 1.54) is 0 Å². The van der Waals surface area contributed by atoms with Crippen molar-refractivity contribution in [2.24, 2.45) is 18.1 Å². The van der Waals surface area contributed by atoms with Crippen molar-refractivity contribution in [3.8, 4) is 0 Å². The zero-order chi connectivity index (χ0) is 20.7. The number of likely N-dealkylation sites (tertiary alicyclic amines) is 1. The van der Waals surface area contributed by atoms with Gasteiger partial charge in [0.1, 0.15) is 0 Å². The Morgan fingerprint density at radius 1 is 1.07 bits per heavy atom. The molecule has 5 rings (SSSR count). The van der Waals surface area contributed by atoms with Crippen molar-refractivity contribution in [2.75, 3.05) is 20.1 Å². The van der Waals surface area contributed by atoms with Crippen LogP contribution in [0.5, 0.6) is 0 Å². The van der Waals surface area contributed by atoms with Gasteiger partial charge in [-0.05, 0) is 74.5 Å². The second-order valence-electron chi connectivity index (χ2n) is 8.21. The highest BCUT2D eigenvalue weighted by Crippen LogP contribution is 2.27. The van der Waals surface area contributed by atoms with Crippen LogP contribution in [0.1, 0.15) is 18.4 Å². The predicted octanol–water partition coefficient (Wildman–Crippen LogP) is 3.51. The molecule has 0 atom stereocenters. The van der Waals surface area contributed by atoms with Crippen molar-refractivity contribution in [1.82, 2.24) is 19.7 Å². The summed E-state index contributed by atoms with van der Waals surface area (Å²) in [6.45, 7) is 2.13. The number of hydrogen-bond donors (Lipinski definition) is 0. The van der Waals surface area contributed by atoms with Crippen LogP contribution in [0.4, 0.5) is 0 Å². The molecule has 0 saturated carbocycles. The van der Waals surface area contributed by atoms with Gasteiger partial charge in [-0.25, -0.2) is 0 Å². The Hall–Kier alpha value is -3.25. The molecular weight excluding hydrogens is 374 g/mol. The summed E-state index contributed by atoms with van der Waals surface area (Å²) in [4.78, 5) is 15.5. The van der Waals surface area contributed by atoms with Crippen molar-refractivity contribution >= 4 is 28.1 Å². The summed E-state index contributed by atoms with van der Waals surface area (Å²) in [5, 5.41) is 11.8. The number of aromatic nitrogens is 2. The van der Waals surface area contributed by atoms with Crippen molar-refractivity contribution in [1.29, 1.82) is 0 Å². The minimum Gasteiger partial charge on any atom is -0.306 e. The maximum atomic E-state index is 13.1. The third kappa shape index (κ3) is 3.55. The highest BCUT2D eigenvalue weighted by atomic mass is 16.2. The standard InChI is InChI=1S/C24H25N5O/c1-27-12-10-17(11-13-27)22-9-7-21-5-3-4-18(15-24(30)29(21)26-22)19-6-8-23-20(14-19)16-28(2)25-23/h3-9,14-17H,10-13H2,1-2H3/b4-3+,18-15+,21-5?. The molecule has 0 spiro atoms. The summed E-state index contributed by atoms with van der Waals surface area (Å²) in [6, 6.07) is 6.07. The molecule has 1 aromatic heterocycles. The molecular formula is C24H25N5O. The van der Waals surface area contributed by atoms with E-state index in [2.05, 4.69) is 29.2 Å². The number of hydrogen-bond acceptors (Lipinski definition) is 4. The van der Waals surface area contributed by atoms with Gasteiger partial charge in [-0.3, -0.25) is 9.48 Å². The molecule has 6 heteroatoms. The molecule has 3 aliphatic rings. The number of carbonyl (C=O) groups excluding carboxylic acids is 1. The zero-order valence-electron chi connectivity index (χ0n) is 17.3. The molecule has 0 aliphatic carbocycles. The Bertz CT molecular complexity index is 1160. The van der Waals surface area contributed by atoms with Gasteiger partial charge in [0.15, 0.2) is 0 Å². The minimum absolute atomic E-state index is 0.123. The van der Waals surface area contributed by atoms with Crippen molar-refractivity contribution < 1.29 is 4.79 Å². The van der Waals surface area contributed by atoms with Gasteiger partial charge in [0.2, 0.25) is 0 Å². The van der Waals surface area contributed by atoms with Crippen molar-refractivity contribution in [2.45, 2.75) is 12.8 Å². The van der Waals surface area contributed by atoms with Crippen LogP contribution >= 0.6 is 0 Å². The van der Waals surface area contributed by atoms with Gasteiger partial charge in [-0.1, -0.05) is 18.2 Å². The van der Waals surface area contributed by atoms with E-state index in [4.69, 9.17) is 5.10 Å². The number of rotatable bonds is 2. The largest absolute Gasteiger partial charge is 0.306 e. The average molecular weight is 399 g/mol. The van der Waals surface area contributed by atoms with E-state index in [1.807, 2.05) is 49.7 Å². The fraction of sp³-hybridized carbons (Fsp3) is 0.292. The van der Waals surface area contributed by atoms with Crippen molar-refractivity contribution in [3.63, 3.8) is 0 Å². The first-order chi connectivity index (χ1) is 14.6. The number of nitrogens with zero attached hydrogens (tertiary/aromatic N) is 5. The molecule has 6 nitrogen and oxygen atoms in total. The first kappa shape index (κ1) is 18.8. The lowest BCUT2D eigenvalue weighted by molar-refractivity contribution is -0.124. The lowest BCUT2D eigenvalue weighted by Gasteiger charge is -2.31. The van der Waals surface area contributed by atoms with Gasteiger partial charge in [0, 0.05) is 30.6 Å². The molecule has 0 unspecified atom stereocenters. The number of benzene rings is 1. The Morgan fingerprint density at radius 3 is 2.73 bits per heavy atom. The highest BCUT2D eigenvalue weighted by molar-refractivity contribution is 6.04. The molecule has 3 aliphatic heterocycles. The first-order valence-corrected chi connectivity index (χ1v) is 10.4. The summed E-state index contributed by atoms with van der Waals surface area (Å²) in [5.41, 5.74) is 4.60. The van der Waals surface area contributed by atoms with E-state index in [1.54, 1.807) is 15.8 Å². The lowest BCUT2D eigenvalue weighted by atomic mass is 9.91. The molecule has 4 heterocycles. The third-order valence-electron chi connectivity index (χ3n) is 6.00. The topological polar surface area (TPSA) is 53.7 Å². The fourth-order valence-electron chi connectivity index (χ4n) is 4.27. The van der Waals surface area contributed by atoms with Crippen LogP contribution in [-0.2, 0) is 11.8 Å². The Labute approximate surface area is 176 Å². The van der Waals surface area contributed by atoms with Gasteiger partial charge in [0.25, 0.3) is 5.91 Å². The van der Waals surface area contributed by atoms with Gasteiger partial charge >= 0.3 is 0 Å². The molecule has 1 amide bonds. The van der Waals surface area contributed by atoms with Crippen LogP contribution in [0.15, 0.2) is 71.7 Å². The van der Waals surface area contributed by atoms with Crippen LogP contribution in [-0.4, -0.2) is 51.4 Å². The first-order valence-electron chi connectivity index (χ1n) is 10.4. The van der Waals surface area contributed by atoms with Crippen LogP contribution in [0.25, 0.3) is 16.5 Å². The van der Waals surface area contributed by atoms with E-state index in [9.17, 15) is 4.79 Å². The predicted molar refractivity (Wildman–Crippen MR) is 120 cm³/mol. The second-order valence-corrected chi connectivity index (χ2v) is 8.21. The number of fused-ring (bicyclic) bond motifs is 2. The van der Waals surface area contributed by atoms with E-state index in [0.29, 0.717) is 5.92 Å². The van der Waals surface area contributed by atoms with Crippen molar-refractivity contribution in [3.05, 3.63) is 72.1 Å². The SMILES string of the molecule is CN1CCC(C2=NN3C(=O)/C=C(c4ccc5nn(C)cc5c4)\C=C\C=C3C=C2)CC1. The summed E-state index contributed by atoms with van der Waals surface area (Å²) in [6.07, 6.45) is 15.8. The average Bonchev–Trinajstić information content (AvgIpc) is 3.11. The lowest BCUT2D eigenvalue weighted by Crippen LogP contribution is -2.35. The highest BCUT2D eigenvalue weighted by Gasteiger charge is 2.26. The molecule has 0 bridgehead atoms. The smallest absolute Gasteiger partial charge is 0.272 e. The van der Waals surface area contributed by atoms with Crippen LogP contribution in [0, 0.1) is 5.92 Å². The summed E-state index contributed by atoms with van der Waals surface area (Å²) >= 11 is 0. The molecule has 1 saturated heterocycles. The Kier molecular flexibility index (Phi) is 4.71. The molecule has 0 radical (unpaired) electrons. The summed E-state index contributed by atoms with van der Waals surface area (Å²) in [5.74, 6) is 0.283.